The van der Waals surface area contributed by atoms with Gasteiger partial charge in [-0.2, -0.15) is 0 Å². The number of nitrogens with zero attached hydrogens (tertiary/aromatic N) is 1. The van der Waals surface area contributed by atoms with Crippen LogP contribution in [-0.2, 0) is 6.61 Å². The molecule has 4 nitrogen and oxygen atoms in total. The van der Waals surface area contributed by atoms with Gasteiger partial charge in [-0.1, -0.05) is 24.3 Å². The summed E-state index contributed by atoms with van der Waals surface area (Å²) in [5.74, 6) is 0.654. The molecule has 0 atom stereocenters. The molecule has 0 aliphatic heterocycles. The van der Waals surface area contributed by atoms with E-state index in [1.54, 1.807) is 23.1 Å². The molecule has 0 bridgehead atoms. The SMILES string of the molecule is C=CCN(C(=O)c1ccc(COc2ccc(F)cc2)o1)c1ccccc1. The number of hydrogen-bond donors (Lipinski definition) is 0. The van der Waals surface area contributed by atoms with Crippen molar-refractivity contribution in [1.29, 1.82) is 0 Å². The minimum Gasteiger partial charge on any atom is -0.486 e. The number of furan rings is 1. The van der Waals surface area contributed by atoms with Crippen LogP contribution in [0.3, 0.4) is 0 Å². The summed E-state index contributed by atoms with van der Waals surface area (Å²) in [4.78, 5) is 14.3. The van der Waals surface area contributed by atoms with Gasteiger partial charge in [-0.05, 0) is 48.5 Å². The predicted octanol–water partition coefficient (Wildman–Crippen LogP) is 4.83. The van der Waals surface area contributed by atoms with E-state index in [1.165, 1.54) is 24.3 Å². The fourth-order valence-corrected chi connectivity index (χ4v) is 2.43. The van der Waals surface area contributed by atoms with E-state index in [4.69, 9.17) is 9.15 Å². The van der Waals surface area contributed by atoms with E-state index in [2.05, 4.69) is 6.58 Å². The maximum atomic E-state index is 12.9. The van der Waals surface area contributed by atoms with Crippen LogP contribution in [0.25, 0.3) is 0 Å². The van der Waals surface area contributed by atoms with Crippen LogP contribution in [0.5, 0.6) is 5.75 Å². The van der Waals surface area contributed by atoms with Gasteiger partial charge in [0.25, 0.3) is 5.91 Å². The molecule has 1 aromatic heterocycles. The average molecular weight is 351 g/mol. The highest BCUT2D eigenvalue weighted by molar-refractivity contribution is 6.04. The van der Waals surface area contributed by atoms with Gasteiger partial charge < -0.3 is 14.1 Å². The van der Waals surface area contributed by atoms with Gasteiger partial charge >= 0.3 is 0 Å². The molecule has 2 aromatic carbocycles. The van der Waals surface area contributed by atoms with Crippen LogP contribution in [0.15, 0.2) is 83.8 Å². The highest BCUT2D eigenvalue weighted by atomic mass is 19.1. The zero-order chi connectivity index (χ0) is 18.4. The van der Waals surface area contributed by atoms with Crippen LogP contribution in [0, 0.1) is 5.82 Å². The molecule has 132 valence electrons. The normalized spacial score (nSPS) is 10.3. The lowest BCUT2D eigenvalue weighted by Gasteiger charge is -2.19. The molecule has 0 N–H and O–H groups in total. The summed E-state index contributed by atoms with van der Waals surface area (Å²) >= 11 is 0. The molecule has 0 spiro atoms. The van der Waals surface area contributed by atoms with Crippen LogP contribution in [-0.4, -0.2) is 12.5 Å². The van der Waals surface area contributed by atoms with E-state index in [0.717, 1.165) is 5.69 Å². The maximum absolute atomic E-state index is 12.9. The Hall–Kier alpha value is -3.34. The highest BCUT2D eigenvalue weighted by Crippen LogP contribution is 2.19. The highest BCUT2D eigenvalue weighted by Gasteiger charge is 2.20. The first-order valence-electron chi connectivity index (χ1n) is 8.12. The van der Waals surface area contributed by atoms with Crippen molar-refractivity contribution in [1.82, 2.24) is 0 Å². The number of hydrogen-bond acceptors (Lipinski definition) is 3. The third-order valence-electron chi connectivity index (χ3n) is 3.69. The molecular weight excluding hydrogens is 333 g/mol. The average Bonchev–Trinajstić information content (AvgIpc) is 3.15. The number of halogens is 1. The molecule has 0 saturated heterocycles. The number of anilines is 1. The van der Waals surface area contributed by atoms with Crippen LogP contribution >= 0.6 is 0 Å². The van der Waals surface area contributed by atoms with Crippen molar-refractivity contribution >= 4 is 11.6 Å². The second-order valence-corrected chi connectivity index (χ2v) is 5.55. The Morgan fingerprint density at radius 2 is 1.81 bits per heavy atom. The Kier molecular flexibility index (Phi) is 5.49. The number of amides is 1. The Labute approximate surface area is 151 Å². The summed E-state index contributed by atoms with van der Waals surface area (Å²) in [7, 11) is 0. The smallest absolute Gasteiger partial charge is 0.294 e. The molecule has 1 heterocycles. The number of carbonyl (C=O) groups excluding carboxylic acids is 1. The van der Waals surface area contributed by atoms with Gasteiger partial charge in [0.15, 0.2) is 5.76 Å². The van der Waals surface area contributed by atoms with E-state index in [1.807, 2.05) is 30.3 Å². The lowest BCUT2D eigenvalue weighted by atomic mass is 10.2. The summed E-state index contributed by atoms with van der Waals surface area (Å²) in [5.41, 5.74) is 0.762. The molecule has 26 heavy (non-hydrogen) atoms. The third-order valence-corrected chi connectivity index (χ3v) is 3.69. The first kappa shape index (κ1) is 17.5. The fourth-order valence-electron chi connectivity index (χ4n) is 2.43. The summed E-state index contributed by atoms with van der Waals surface area (Å²) in [6.45, 7) is 4.22. The third kappa shape index (κ3) is 4.19. The molecule has 1 amide bonds. The summed E-state index contributed by atoms with van der Waals surface area (Å²) in [6.07, 6.45) is 1.66. The topological polar surface area (TPSA) is 42.7 Å². The molecule has 0 fully saturated rings. The van der Waals surface area contributed by atoms with Gasteiger partial charge in [0, 0.05) is 12.2 Å². The first-order chi connectivity index (χ1) is 12.7. The number of rotatable bonds is 7. The van der Waals surface area contributed by atoms with Crippen molar-refractivity contribution in [3.05, 3.63) is 96.7 Å². The van der Waals surface area contributed by atoms with Gasteiger partial charge in [0.05, 0.1) is 0 Å². The lowest BCUT2D eigenvalue weighted by molar-refractivity contribution is 0.0959. The van der Waals surface area contributed by atoms with Crippen molar-refractivity contribution in [3.63, 3.8) is 0 Å². The Morgan fingerprint density at radius 1 is 1.08 bits per heavy atom. The Balaban J connectivity index is 1.70. The van der Waals surface area contributed by atoms with Gasteiger partial charge in [-0.25, -0.2) is 4.39 Å². The lowest BCUT2D eigenvalue weighted by Crippen LogP contribution is -2.30. The van der Waals surface area contributed by atoms with Crippen molar-refractivity contribution in [3.8, 4) is 5.75 Å². The second-order valence-electron chi connectivity index (χ2n) is 5.55. The fraction of sp³-hybridized carbons (Fsp3) is 0.0952. The van der Waals surface area contributed by atoms with Crippen molar-refractivity contribution in [2.45, 2.75) is 6.61 Å². The monoisotopic (exact) mass is 351 g/mol. The molecule has 3 rings (SSSR count). The Bertz CT molecular complexity index is 872. The number of carbonyl (C=O) groups is 1. The van der Waals surface area contributed by atoms with E-state index in [9.17, 15) is 9.18 Å². The quantitative estimate of drug-likeness (QED) is 0.573. The molecule has 0 radical (unpaired) electrons. The summed E-state index contributed by atoms with van der Waals surface area (Å²) in [5, 5.41) is 0. The first-order valence-corrected chi connectivity index (χ1v) is 8.12. The zero-order valence-corrected chi connectivity index (χ0v) is 14.1. The summed E-state index contributed by atoms with van der Waals surface area (Å²) in [6, 6.07) is 18.3. The van der Waals surface area contributed by atoms with Gasteiger partial charge in [-0.15, -0.1) is 6.58 Å². The van der Waals surface area contributed by atoms with E-state index >= 15 is 0 Å². The van der Waals surface area contributed by atoms with Crippen molar-refractivity contribution < 1.29 is 18.3 Å². The summed E-state index contributed by atoms with van der Waals surface area (Å²) < 4.78 is 24.0. The predicted molar refractivity (Wildman–Crippen MR) is 97.8 cm³/mol. The minimum atomic E-state index is -0.327. The maximum Gasteiger partial charge on any atom is 0.294 e. The minimum absolute atomic E-state index is 0.145. The van der Waals surface area contributed by atoms with Crippen LogP contribution in [0.2, 0.25) is 0 Å². The molecule has 0 saturated carbocycles. The molecule has 0 unspecified atom stereocenters. The largest absolute Gasteiger partial charge is 0.486 e. The van der Waals surface area contributed by atoms with Gasteiger partial charge in [-0.3, -0.25) is 4.79 Å². The van der Waals surface area contributed by atoms with E-state index in [-0.39, 0.29) is 24.1 Å². The molecule has 5 heteroatoms. The van der Waals surface area contributed by atoms with Crippen LogP contribution in [0.4, 0.5) is 10.1 Å². The number of benzene rings is 2. The zero-order valence-electron chi connectivity index (χ0n) is 14.1. The van der Waals surface area contributed by atoms with Crippen LogP contribution < -0.4 is 9.64 Å². The van der Waals surface area contributed by atoms with Gasteiger partial charge in [0.1, 0.15) is 23.9 Å². The number of ether oxygens (including phenoxy) is 1. The van der Waals surface area contributed by atoms with Gasteiger partial charge in [0.2, 0.25) is 0 Å². The van der Waals surface area contributed by atoms with Crippen molar-refractivity contribution in [2.24, 2.45) is 0 Å². The van der Waals surface area contributed by atoms with E-state index in [0.29, 0.717) is 18.1 Å². The number of para-hydroxylation sites is 1. The molecular formula is C21H18FNO3. The second kappa shape index (κ2) is 8.16. The van der Waals surface area contributed by atoms with E-state index < -0.39 is 0 Å². The van der Waals surface area contributed by atoms with Crippen molar-refractivity contribution in [2.75, 3.05) is 11.4 Å². The Morgan fingerprint density at radius 3 is 2.50 bits per heavy atom. The standard InChI is InChI=1S/C21H18FNO3/c1-2-14-23(17-6-4-3-5-7-17)21(24)20-13-12-19(26-20)15-25-18-10-8-16(22)9-11-18/h2-13H,1,14-15H2. The van der Waals surface area contributed by atoms with Crippen LogP contribution in [0.1, 0.15) is 16.3 Å². The molecule has 0 aliphatic rings. The molecule has 0 aliphatic carbocycles. The molecule has 3 aromatic rings.